The fraction of sp³-hybridized carbons (Fsp3) is 0.250. The normalized spacial score (nSPS) is 10.7. The van der Waals surface area contributed by atoms with Crippen LogP contribution in [-0.4, -0.2) is 30.8 Å². The molecule has 0 unspecified atom stereocenters. The summed E-state index contributed by atoms with van der Waals surface area (Å²) in [5.41, 5.74) is 3.76. The van der Waals surface area contributed by atoms with E-state index >= 15 is 0 Å². The van der Waals surface area contributed by atoms with Crippen molar-refractivity contribution in [2.45, 2.75) is 13.5 Å². The zero-order chi connectivity index (χ0) is 19.1. The summed E-state index contributed by atoms with van der Waals surface area (Å²) in [7, 11) is 1.52. The number of amides is 1. The summed E-state index contributed by atoms with van der Waals surface area (Å²) in [5.74, 6) is 0.0822. The maximum absolute atomic E-state index is 11.8. The number of pyridine rings is 1. The molecule has 1 amide bonds. The molecule has 1 N–H and O–H groups in total. The first-order valence-electron chi connectivity index (χ1n) is 7.24. The highest BCUT2D eigenvalue weighted by atomic mass is 127. The van der Waals surface area contributed by atoms with Gasteiger partial charge in [0, 0.05) is 17.1 Å². The molecule has 0 aromatic carbocycles. The van der Waals surface area contributed by atoms with Gasteiger partial charge in [-0.3, -0.25) is 4.79 Å². The topological polar surface area (TPSA) is 110 Å². The van der Waals surface area contributed by atoms with E-state index < -0.39 is 5.91 Å². The fourth-order valence-electron chi connectivity index (χ4n) is 1.95. The Morgan fingerprint density at radius 3 is 2.96 bits per heavy atom. The quantitative estimate of drug-likeness (QED) is 0.333. The van der Waals surface area contributed by atoms with Crippen LogP contribution < -0.4 is 10.2 Å². The Hall–Kier alpha value is -1.97. The molecule has 0 saturated heterocycles. The maximum atomic E-state index is 11.8. The third kappa shape index (κ3) is 5.26. The van der Waals surface area contributed by atoms with Crippen molar-refractivity contribution in [1.29, 1.82) is 5.26 Å². The largest absolute Gasteiger partial charge is 0.467 e. The minimum atomic E-state index is -0.498. The average Bonchev–Trinajstić information content (AvgIpc) is 3.02. The molecular formula is C16H14BrIN4O4. The number of nitriles is 1. The van der Waals surface area contributed by atoms with Crippen LogP contribution in [0.25, 0.3) is 0 Å². The maximum Gasteiger partial charge on any atom is 0.278 e. The molecule has 26 heavy (non-hydrogen) atoms. The van der Waals surface area contributed by atoms with E-state index in [1.807, 2.05) is 28.7 Å². The Balaban J connectivity index is 2.03. The molecule has 10 heteroatoms. The lowest BCUT2D eigenvalue weighted by molar-refractivity contribution is -0.123. The Morgan fingerprint density at radius 1 is 1.58 bits per heavy atom. The second-order valence-electron chi connectivity index (χ2n) is 4.94. The van der Waals surface area contributed by atoms with Crippen molar-refractivity contribution in [2.75, 3.05) is 13.7 Å². The molecule has 2 rings (SSSR count). The number of halogens is 2. The smallest absolute Gasteiger partial charge is 0.278 e. The predicted molar refractivity (Wildman–Crippen MR) is 105 cm³/mol. The monoisotopic (exact) mass is 532 g/mol. The van der Waals surface area contributed by atoms with Crippen LogP contribution in [0.5, 0.6) is 5.88 Å². The van der Waals surface area contributed by atoms with Gasteiger partial charge in [-0.2, -0.15) is 10.4 Å². The Labute approximate surface area is 171 Å². The number of nitrogens with one attached hydrogen (secondary N) is 1. The molecule has 0 aliphatic carbocycles. The van der Waals surface area contributed by atoms with Crippen molar-refractivity contribution in [1.82, 2.24) is 10.4 Å². The summed E-state index contributed by atoms with van der Waals surface area (Å²) in [6.45, 7) is 1.62. The SMILES string of the molecule is COCc1c(Br)c(C)nc(OCC(=O)N/N=C/c2ccc(I)o2)c1C#N. The molecule has 0 saturated carbocycles. The van der Waals surface area contributed by atoms with Gasteiger partial charge >= 0.3 is 0 Å². The van der Waals surface area contributed by atoms with E-state index in [0.717, 1.165) is 0 Å². The number of aryl methyl sites for hydroxylation is 1. The Morgan fingerprint density at radius 2 is 2.35 bits per heavy atom. The molecule has 2 aromatic rings. The number of ether oxygens (including phenoxy) is 2. The first-order chi connectivity index (χ1) is 12.5. The van der Waals surface area contributed by atoms with Gasteiger partial charge < -0.3 is 13.9 Å². The van der Waals surface area contributed by atoms with Gasteiger partial charge in [0.25, 0.3) is 5.91 Å². The standard InChI is InChI=1S/C16H14BrIN4O4/c1-9-15(17)12(7-24-2)11(5-19)16(21-9)25-8-14(23)22-20-6-10-3-4-13(18)26-10/h3-4,6H,7-8H2,1-2H3,(H,22,23)/b20-6+. The summed E-state index contributed by atoms with van der Waals surface area (Å²) in [5, 5.41) is 13.2. The van der Waals surface area contributed by atoms with Crippen LogP contribution in [0.4, 0.5) is 0 Å². The summed E-state index contributed by atoms with van der Waals surface area (Å²) in [4.78, 5) is 16.1. The van der Waals surface area contributed by atoms with E-state index in [4.69, 9.17) is 13.9 Å². The van der Waals surface area contributed by atoms with Crippen molar-refractivity contribution < 1.29 is 18.7 Å². The first kappa shape index (κ1) is 20.3. The number of hydrogen-bond acceptors (Lipinski definition) is 7. The molecule has 2 heterocycles. The highest BCUT2D eigenvalue weighted by molar-refractivity contribution is 14.1. The minimum absolute atomic E-state index is 0.0694. The van der Waals surface area contributed by atoms with Crippen LogP contribution in [-0.2, 0) is 16.1 Å². The lowest BCUT2D eigenvalue weighted by atomic mass is 10.1. The zero-order valence-electron chi connectivity index (χ0n) is 13.9. The number of methoxy groups -OCH3 is 1. The third-order valence-corrected chi connectivity index (χ3v) is 4.72. The molecule has 0 spiro atoms. The zero-order valence-corrected chi connectivity index (χ0v) is 17.6. The van der Waals surface area contributed by atoms with Crippen LogP contribution >= 0.6 is 38.5 Å². The lowest BCUT2D eigenvalue weighted by Gasteiger charge is -2.13. The molecule has 0 aliphatic rings. The van der Waals surface area contributed by atoms with E-state index in [-0.39, 0.29) is 24.7 Å². The average molecular weight is 533 g/mol. The predicted octanol–water partition coefficient (Wildman–Crippen LogP) is 2.90. The van der Waals surface area contributed by atoms with Gasteiger partial charge in [0.05, 0.1) is 18.5 Å². The van der Waals surface area contributed by atoms with Crippen molar-refractivity contribution >= 4 is 50.6 Å². The number of carbonyl (C=O) groups is 1. The molecule has 0 atom stereocenters. The molecule has 0 aliphatic heterocycles. The summed E-state index contributed by atoms with van der Waals surface area (Å²) in [6, 6.07) is 5.53. The van der Waals surface area contributed by atoms with Gasteiger partial charge in [-0.05, 0) is 57.6 Å². The fourth-order valence-corrected chi connectivity index (χ4v) is 2.78. The summed E-state index contributed by atoms with van der Waals surface area (Å²) < 4.78 is 17.2. The molecule has 8 nitrogen and oxygen atoms in total. The number of furan rings is 1. The number of hydrazone groups is 1. The molecule has 2 aromatic heterocycles. The number of rotatable bonds is 7. The van der Waals surface area contributed by atoms with Gasteiger partial charge in [0.15, 0.2) is 10.4 Å². The highest BCUT2D eigenvalue weighted by Gasteiger charge is 2.18. The number of hydrogen-bond donors (Lipinski definition) is 1. The minimum Gasteiger partial charge on any atom is -0.467 e. The number of nitrogens with zero attached hydrogens (tertiary/aromatic N) is 3. The van der Waals surface area contributed by atoms with Gasteiger partial charge in [-0.25, -0.2) is 10.4 Å². The van der Waals surface area contributed by atoms with E-state index in [9.17, 15) is 10.1 Å². The molecule has 0 radical (unpaired) electrons. The summed E-state index contributed by atoms with van der Waals surface area (Å²) >= 11 is 5.41. The first-order valence-corrected chi connectivity index (χ1v) is 9.11. The van der Waals surface area contributed by atoms with Crippen molar-refractivity contribution in [3.8, 4) is 11.9 Å². The van der Waals surface area contributed by atoms with Crippen molar-refractivity contribution in [2.24, 2.45) is 5.10 Å². The van der Waals surface area contributed by atoms with Crippen LogP contribution in [0.2, 0.25) is 0 Å². The van der Waals surface area contributed by atoms with E-state index in [1.54, 1.807) is 19.1 Å². The van der Waals surface area contributed by atoms with Gasteiger partial charge in [0.2, 0.25) is 5.88 Å². The number of aromatic nitrogens is 1. The molecule has 0 bridgehead atoms. The van der Waals surface area contributed by atoms with E-state index in [1.165, 1.54) is 13.3 Å². The van der Waals surface area contributed by atoms with Gasteiger partial charge in [0.1, 0.15) is 17.4 Å². The van der Waals surface area contributed by atoms with Crippen LogP contribution in [0.1, 0.15) is 22.6 Å². The van der Waals surface area contributed by atoms with Gasteiger partial charge in [-0.1, -0.05) is 0 Å². The second kappa shape index (κ2) is 9.65. The van der Waals surface area contributed by atoms with Crippen molar-refractivity contribution in [3.63, 3.8) is 0 Å². The van der Waals surface area contributed by atoms with Crippen LogP contribution in [0.3, 0.4) is 0 Å². The van der Waals surface area contributed by atoms with E-state index in [2.05, 4.69) is 31.4 Å². The molecule has 0 fully saturated rings. The summed E-state index contributed by atoms with van der Waals surface area (Å²) in [6.07, 6.45) is 1.37. The lowest BCUT2D eigenvalue weighted by Crippen LogP contribution is -2.25. The molecular weight excluding hydrogens is 519 g/mol. The van der Waals surface area contributed by atoms with Crippen LogP contribution in [0, 0.1) is 22.0 Å². The van der Waals surface area contributed by atoms with Crippen LogP contribution in [0.15, 0.2) is 26.1 Å². The van der Waals surface area contributed by atoms with E-state index in [0.29, 0.717) is 25.3 Å². The Kier molecular flexibility index (Phi) is 7.55. The third-order valence-electron chi connectivity index (χ3n) is 3.08. The van der Waals surface area contributed by atoms with Gasteiger partial charge in [-0.15, -0.1) is 0 Å². The Bertz CT molecular complexity index is 876. The second-order valence-corrected chi connectivity index (χ2v) is 6.79. The highest BCUT2D eigenvalue weighted by Crippen LogP contribution is 2.29. The number of carbonyl (C=O) groups excluding carboxylic acids is 1. The van der Waals surface area contributed by atoms with Crippen molar-refractivity contribution in [3.05, 3.63) is 43.0 Å². The molecule has 136 valence electrons.